The first-order valence-corrected chi connectivity index (χ1v) is 11.4. The fourth-order valence-corrected chi connectivity index (χ4v) is 2.68. The molecule has 0 fully saturated rings. The molecule has 9 heteroatoms. The number of ether oxygens (including phenoxy) is 5. The van der Waals surface area contributed by atoms with Gasteiger partial charge in [0, 0.05) is 51.9 Å². The first kappa shape index (κ1) is 28.1. The van der Waals surface area contributed by atoms with Gasteiger partial charge in [-0.25, -0.2) is 0 Å². The van der Waals surface area contributed by atoms with Gasteiger partial charge in [-0.2, -0.15) is 0 Å². The Balaban J connectivity index is 2.38. The van der Waals surface area contributed by atoms with Gasteiger partial charge in [0.15, 0.2) is 17.3 Å². The lowest BCUT2D eigenvalue weighted by molar-refractivity contribution is 0.0954. The van der Waals surface area contributed by atoms with E-state index in [2.05, 4.69) is 10.6 Å². The Morgan fingerprint density at radius 3 is 1.91 bits per heavy atom. The molecule has 0 unspecified atom stereocenters. The van der Waals surface area contributed by atoms with E-state index >= 15 is 0 Å². The first-order chi connectivity index (χ1) is 15.6. The van der Waals surface area contributed by atoms with Gasteiger partial charge >= 0.3 is 0 Å². The number of ketones is 1. The molecule has 0 aliphatic heterocycles. The van der Waals surface area contributed by atoms with Crippen LogP contribution in [0.3, 0.4) is 0 Å². The van der Waals surface area contributed by atoms with Crippen molar-refractivity contribution in [2.24, 2.45) is 0 Å². The molecule has 0 bridgehead atoms. The molecule has 0 aliphatic rings. The molecular weight excluding hydrogens is 416 g/mol. The summed E-state index contributed by atoms with van der Waals surface area (Å²) in [4.78, 5) is 12.2. The lowest BCUT2D eigenvalue weighted by atomic mass is 10.1. The van der Waals surface area contributed by atoms with E-state index in [0.717, 1.165) is 32.6 Å². The van der Waals surface area contributed by atoms with Crippen molar-refractivity contribution in [1.29, 1.82) is 0 Å². The van der Waals surface area contributed by atoms with Crippen LogP contribution in [0.25, 0.3) is 0 Å². The minimum absolute atomic E-state index is 0.0547. The van der Waals surface area contributed by atoms with Gasteiger partial charge in [0.2, 0.25) is 5.75 Å². The van der Waals surface area contributed by atoms with Gasteiger partial charge in [-0.05, 0) is 18.6 Å². The highest BCUT2D eigenvalue weighted by molar-refractivity contribution is 5.97. The summed E-state index contributed by atoms with van der Waals surface area (Å²) >= 11 is 0. The highest BCUT2D eigenvalue weighted by atomic mass is 16.5. The molecule has 0 radical (unpaired) electrons. The van der Waals surface area contributed by atoms with Gasteiger partial charge < -0.3 is 39.4 Å². The smallest absolute Gasteiger partial charge is 0.200 e. The van der Waals surface area contributed by atoms with Crippen molar-refractivity contribution in [2.45, 2.75) is 26.7 Å². The number of phenolic OH excluding ortho intramolecular Hbond substituents is 1. The predicted molar refractivity (Wildman–Crippen MR) is 123 cm³/mol. The number of benzene rings is 1. The van der Waals surface area contributed by atoms with Crippen LogP contribution in [0.1, 0.15) is 37.0 Å². The number of carbonyl (C=O) groups excluding carboxylic acids is 1. The summed E-state index contributed by atoms with van der Waals surface area (Å²) in [6.07, 6.45) is 1.27. The molecule has 0 spiro atoms. The molecule has 0 aliphatic carbocycles. The Hall–Kier alpha value is -1.91. The largest absolute Gasteiger partial charge is 0.502 e. The van der Waals surface area contributed by atoms with E-state index in [0.29, 0.717) is 45.0 Å². The number of methoxy groups -OCH3 is 1. The van der Waals surface area contributed by atoms with Crippen molar-refractivity contribution >= 4 is 5.78 Å². The highest BCUT2D eigenvalue weighted by Crippen LogP contribution is 2.38. The lowest BCUT2D eigenvalue weighted by Crippen LogP contribution is -2.31. The number of carbonyl (C=O) groups is 1. The number of phenols is 1. The van der Waals surface area contributed by atoms with Gasteiger partial charge in [0.1, 0.15) is 13.2 Å². The van der Waals surface area contributed by atoms with Crippen molar-refractivity contribution in [1.82, 2.24) is 10.6 Å². The lowest BCUT2D eigenvalue weighted by Gasteiger charge is -2.15. The Bertz CT molecular complexity index is 629. The zero-order valence-corrected chi connectivity index (χ0v) is 19.7. The highest BCUT2D eigenvalue weighted by Gasteiger charge is 2.16. The third-order valence-electron chi connectivity index (χ3n) is 4.39. The van der Waals surface area contributed by atoms with Crippen LogP contribution in [-0.2, 0) is 14.2 Å². The second-order valence-corrected chi connectivity index (χ2v) is 7.01. The van der Waals surface area contributed by atoms with Crippen molar-refractivity contribution < 1.29 is 33.6 Å². The van der Waals surface area contributed by atoms with Gasteiger partial charge in [-0.1, -0.05) is 13.8 Å². The molecule has 9 nitrogen and oxygen atoms in total. The number of nitrogens with one attached hydrogen (secondary N) is 2. The number of Topliss-reactive ketones (excluding diaryl/α,β-unsaturated/α-hetero) is 1. The summed E-state index contributed by atoms with van der Waals surface area (Å²) in [7, 11) is 1.68. The van der Waals surface area contributed by atoms with Gasteiger partial charge in [-0.3, -0.25) is 4.79 Å². The van der Waals surface area contributed by atoms with Gasteiger partial charge in [-0.15, -0.1) is 0 Å². The predicted octanol–water partition coefficient (Wildman–Crippen LogP) is 2.01. The minimum Gasteiger partial charge on any atom is -0.502 e. The summed E-state index contributed by atoms with van der Waals surface area (Å²) < 4.78 is 27.2. The van der Waals surface area contributed by atoms with Gasteiger partial charge in [0.25, 0.3) is 0 Å². The van der Waals surface area contributed by atoms with E-state index in [4.69, 9.17) is 23.7 Å². The van der Waals surface area contributed by atoms with E-state index in [1.807, 2.05) is 6.92 Å². The van der Waals surface area contributed by atoms with Crippen molar-refractivity contribution in [3.63, 3.8) is 0 Å². The average molecular weight is 457 g/mol. The molecule has 0 heterocycles. The Morgan fingerprint density at radius 2 is 1.38 bits per heavy atom. The molecule has 1 rings (SSSR count). The van der Waals surface area contributed by atoms with E-state index in [1.165, 1.54) is 0 Å². The van der Waals surface area contributed by atoms with E-state index < -0.39 is 0 Å². The maximum absolute atomic E-state index is 12.2. The molecule has 0 saturated carbocycles. The number of rotatable bonds is 21. The molecular formula is C23H40N2O7. The molecule has 0 saturated heterocycles. The number of aromatic hydroxyl groups is 1. The second-order valence-electron chi connectivity index (χ2n) is 7.01. The Morgan fingerprint density at radius 1 is 0.812 bits per heavy atom. The molecule has 1 aromatic rings. The quantitative estimate of drug-likeness (QED) is 0.189. The maximum Gasteiger partial charge on any atom is 0.200 e. The topological polar surface area (TPSA) is 108 Å². The van der Waals surface area contributed by atoms with Gasteiger partial charge in [0.05, 0.1) is 26.4 Å². The van der Waals surface area contributed by atoms with Crippen LogP contribution in [0.2, 0.25) is 0 Å². The zero-order chi connectivity index (χ0) is 23.4. The summed E-state index contributed by atoms with van der Waals surface area (Å²) in [5.74, 6) is 0.234. The molecule has 0 atom stereocenters. The summed E-state index contributed by atoms with van der Waals surface area (Å²) in [5.41, 5.74) is 0.439. The molecule has 0 amide bonds. The number of hydrogen-bond acceptors (Lipinski definition) is 9. The SMILES string of the molecule is CCCOCCOc1cc(C(=O)CC)cc(OCCOCCNCCNCCOC)c1O. The zero-order valence-electron chi connectivity index (χ0n) is 19.7. The van der Waals surface area contributed by atoms with E-state index in [9.17, 15) is 9.90 Å². The standard InChI is InChI=1S/C23H40N2O7/c1-4-10-29-13-15-31-21-17-19(20(26)5-2)18-22(23(21)27)32-16-14-30-12-9-25-7-6-24-8-11-28-3/h17-18,24-25,27H,4-16H2,1-3H3. The Labute approximate surface area is 191 Å². The van der Waals surface area contributed by atoms with Crippen LogP contribution < -0.4 is 20.1 Å². The van der Waals surface area contributed by atoms with Crippen molar-refractivity contribution in [2.75, 3.05) is 79.5 Å². The normalized spacial score (nSPS) is 11.0. The molecule has 1 aromatic carbocycles. The summed E-state index contributed by atoms with van der Waals surface area (Å²) in [6.45, 7) is 10.3. The van der Waals surface area contributed by atoms with Crippen molar-refractivity contribution in [3.05, 3.63) is 17.7 Å². The minimum atomic E-state index is -0.129. The first-order valence-electron chi connectivity index (χ1n) is 11.4. The van der Waals surface area contributed by atoms with E-state index in [-0.39, 0.29) is 36.2 Å². The molecule has 32 heavy (non-hydrogen) atoms. The van der Waals surface area contributed by atoms with Crippen LogP contribution in [0, 0.1) is 0 Å². The van der Waals surface area contributed by atoms with Crippen LogP contribution >= 0.6 is 0 Å². The average Bonchev–Trinajstić information content (AvgIpc) is 2.80. The fourth-order valence-electron chi connectivity index (χ4n) is 2.68. The summed E-state index contributed by atoms with van der Waals surface area (Å²) in [5, 5.41) is 17.0. The van der Waals surface area contributed by atoms with Crippen LogP contribution in [0.4, 0.5) is 0 Å². The Kier molecular flexibility index (Phi) is 16.4. The molecule has 0 aromatic heterocycles. The van der Waals surface area contributed by atoms with Crippen LogP contribution in [-0.4, -0.2) is 90.4 Å². The molecule has 184 valence electrons. The van der Waals surface area contributed by atoms with Crippen molar-refractivity contribution in [3.8, 4) is 17.2 Å². The third-order valence-corrected chi connectivity index (χ3v) is 4.39. The van der Waals surface area contributed by atoms with E-state index in [1.54, 1.807) is 26.2 Å². The maximum atomic E-state index is 12.2. The van der Waals surface area contributed by atoms with Crippen LogP contribution in [0.5, 0.6) is 17.2 Å². The second kappa shape index (κ2) is 18.6. The monoisotopic (exact) mass is 456 g/mol. The van der Waals surface area contributed by atoms with Crippen LogP contribution in [0.15, 0.2) is 12.1 Å². The molecule has 3 N–H and O–H groups in total. The number of hydrogen-bond donors (Lipinski definition) is 3. The fraction of sp³-hybridized carbons (Fsp3) is 0.696. The third kappa shape index (κ3) is 12.2. The summed E-state index contributed by atoms with van der Waals surface area (Å²) in [6, 6.07) is 3.08.